The fourth-order valence-electron chi connectivity index (χ4n) is 0. The van der Waals surface area contributed by atoms with E-state index in [-0.39, 0.29) is 70.9 Å². The standard InChI is InChI=1S/K.4HNO2.Rh/c;4*2-1-3;/h;4*(H,2,3);/q+1;;;;;+3/p-4. The van der Waals surface area contributed by atoms with Gasteiger partial charge in [0, 0.05) is 0 Å². The minimum Gasteiger partial charge on any atom is -0.444 e. The van der Waals surface area contributed by atoms with Gasteiger partial charge in [-0.15, -0.1) is 21.4 Å². The Hall–Kier alpha value is -0.140. The summed E-state index contributed by atoms with van der Waals surface area (Å²) >= 11 is 0. The first kappa shape index (κ1) is 37.1. The van der Waals surface area contributed by atoms with Crippen LogP contribution in [0.1, 0.15) is 0 Å². The van der Waals surface area contributed by atoms with Gasteiger partial charge in [0.25, 0.3) is 0 Å². The van der Waals surface area contributed by atoms with Crippen LogP contribution < -0.4 is 51.4 Å². The van der Waals surface area contributed by atoms with Crippen molar-refractivity contribution in [2.45, 2.75) is 0 Å². The van der Waals surface area contributed by atoms with Gasteiger partial charge in [-0.2, -0.15) is 0 Å². The average Bonchev–Trinajstić information content (AvgIpc) is 1.92. The van der Waals surface area contributed by atoms with Crippen molar-refractivity contribution in [3.8, 4) is 0 Å². The quantitative estimate of drug-likeness (QED) is 0.275. The molecule has 0 rings (SSSR count). The van der Waals surface area contributed by atoms with Gasteiger partial charge in [0.15, 0.2) is 0 Å². The smallest absolute Gasteiger partial charge is 0.444 e. The first-order valence-electron chi connectivity index (χ1n) is 1.46. The predicted octanol–water partition coefficient (Wildman–Crippen LogP) is -2.00. The van der Waals surface area contributed by atoms with E-state index in [2.05, 4.69) is 0 Å². The molecule has 0 spiro atoms. The number of hydrogen-bond donors (Lipinski definition) is 0. The molecule has 14 heavy (non-hydrogen) atoms. The third kappa shape index (κ3) is 71100. The van der Waals surface area contributed by atoms with Gasteiger partial charge in [-0.25, -0.2) is 0 Å². The molecule has 0 atom stereocenters. The summed E-state index contributed by atoms with van der Waals surface area (Å²) in [5.41, 5.74) is 0. The van der Waals surface area contributed by atoms with Crippen LogP contribution in [0, 0.1) is 40.5 Å². The maximum Gasteiger partial charge on any atom is 3.00 e. The monoisotopic (exact) mass is 326 g/mol. The SMILES string of the molecule is O=N[O-].O=N[O-].O=N[O-].O=N[O-].[K+].[Rh+3]. The van der Waals surface area contributed by atoms with Crippen LogP contribution in [0.3, 0.4) is 0 Å². The van der Waals surface area contributed by atoms with Crippen molar-refractivity contribution < 1.29 is 70.9 Å². The molecule has 0 aliphatic rings. The zero-order chi connectivity index (χ0) is 10.8. The molecule has 12 nitrogen and oxygen atoms in total. The van der Waals surface area contributed by atoms with Crippen LogP contribution in [0.2, 0.25) is 0 Å². The number of hydrogen-bond acceptors (Lipinski definition) is 12. The summed E-state index contributed by atoms with van der Waals surface area (Å²) in [5.74, 6) is 0. The Morgan fingerprint density at radius 3 is 0.571 bits per heavy atom. The normalized spacial score (nSPS) is 3.43. The van der Waals surface area contributed by atoms with E-state index in [1.807, 2.05) is 0 Å². The van der Waals surface area contributed by atoms with Crippen LogP contribution in [-0.4, -0.2) is 0 Å². The Morgan fingerprint density at radius 1 is 0.571 bits per heavy atom. The van der Waals surface area contributed by atoms with Gasteiger partial charge in [0.2, 0.25) is 0 Å². The fraction of sp³-hybridized carbons (Fsp3) is 0. The summed E-state index contributed by atoms with van der Waals surface area (Å²) in [5, 5.41) is 36.0. The maximum atomic E-state index is 8.00. The fourth-order valence-corrected chi connectivity index (χ4v) is 0. The van der Waals surface area contributed by atoms with Crippen molar-refractivity contribution in [1.29, 1.82) is 0 Å². The molecule has 0 N–H and O–H groups in total. The largest absolute Gasteiger partial charge is 3.00 e. The number of rotatable bonds is 0. The zero-order valence-corrected chi connectivity index (χ0v) is 11.1. The van der Waals surface area contributed by atoms with Gasteiger partial charge in [0.05, 0.1) is 0 Å². The molecule has 0 heterocycles. The van der Waals surface area contributed by atoms with Gasteiger partial charge in [-0.05, 0) is 0 Å². The van der Waals surface area contributed by atoms with Crippen LogP contribution >= 0.6 is 0 Å². The van der Waals surface area contributed by atoms with Crippen molar-refractivity contribution >= 4 is 0 Å². The summed E-state index contributed by atoms with van der Waals surface area (Å²) in [7, 11) is 0. The molecule has 14 heteroatoms. The number of nitrogens with zero attached hydrogens (tertiary/aromatic N) is 4. The van der Waals surface area contributed by atoms with Crippen LogP contribution in [0.4, 0.5) is 0 Å². The molecule has 0 fully saturated rings. The van der Waals surface area contributed by atoms with Gasteiger partial charge in [-0.3, -0.25) is 0 Å². The third-order valence-corrected chi connectivity index (χ3v) is 0. The summed E-state index contributed by atoms with van der Waals surface area (Å²) < 4.78 is 0. The van der Waals surface area contributed by atoms with Crippen LogP contribution in [-0.2, 0) is 19.5 Å². The molecule has 0 aromatic rings. The summed E-state index contributed by atoms with van der Waals surface area (Å²) in [4.78, 5) is 32.0. The van der Waals surface area contributed by atoms with E-state index in [1.165, 1.54) is 0 Å². The molecule has 0 aromatic carbocycles. The van der Waals surface area contributed by atoms with Gasteiger partial charge >= 0.3 is 70.9 Å². The maximum absolute atomic E-state index is 8.00. The summed E-state index contributed by atoms with van der Waals surface area (Å²) in [6, 6.07) is 0. The Balaban J connectivity index is -0.0000000145. The second-order valence-electron chi connectivity index (χ2n) is 0.298. The second-order valence-corrected chi connectivity index (χ2v) is 0.298. The van der Waals surface area contributed by atoms with Crippen LogP contribution in [0.25, 0.3) is 0 Å². The molecule has 0 aliphatic carbocycles. The molecular weight excluding hydrogens is 326 g/mol. The van der Waals surface area contributed by atoms with Crippen molar-refractivity contribution in [1.82, 2.24) is 0 Å². The molecule has 0 bridgehead atoms. The Morgan fingerprint density at radius 2 is 0.571 bits per heavy atom. The summed E-state index contributed by atoms with van der Waals surface area (Å²) in [6.45, 7) is 0. The van der Waals surface area contributed by atoms with E-state index in [4.69, 9.17) is 40.5 Å². The van der Waals surface area contributed by atoms with E-state index < -0.39 is 0 Å². The first-order chi connectivity index (χ1) is 5.66. The summed E-state index contributed by atoms with van der Waals surface area (Å²) in [6.07, 6.45) is 0. The van der Waals surface area contributed by atoms with Crippen molar-refractivity contribution in [3.63, 3.8) is 0 Å². The zero-order valence-electron chi connectivity index (χ0n) is 6.39. The van der Waals surface area contributed by atoms with Crippen LogP contribution in [0.5, 0.6) is 0 Å². The van der Waals surface area contributed by atoms with E-state index >= 15 is 0 Å². The van der Waals surface area contributed by atoms with E-state index in [0.717, 1.165) is 21.4 Å². The van der Waals surface area contributed by atoms with E-state index in [1.54, 1.807) is 0 Å². The Bertz CT molecular complexity index is 75.3. The van der Waals surface area contributed by atoms with Crippen LogP contribution in [0.15, 0.2) is 21.4 Å². The third-order valence-electron chi connectivity index (χ3n) is 0. The molecular formula is KN4O8Rh. The average molecular weight is 326 g/mol. The molecule has 0 saturated heterocycles. The molecule has 78 valence electrons. The minimum absolute atomic E-state index is 0. The molecule has 0 unspecified atom stereocenters. The first-order valence-corrected chi connectivity index (χ1v) is 1.46. The van der Waals surface area contributed by atoms with Crippen molar-refractivity contribution in [3.05, 3.63) is 40.5 Å². The van der Waals surface area contributed by atoms with Crippen molar-refractivity contribution in [2.75, 3.05) is 0 Å². The second kappa shape index (κ2) is 121. The molecule has 0 aliphatic heterocycles. The minimum atomic E-state index is 0. The van der Waals surface area contributed by atoms with Gasteiger partial charge < -0.3 is 40.5 Å². The van der Waals surface area contributed by atoms with E-state index in [9.17, 15) is 0 Å². The predicted molar refractivity (Wildman–Crippen MR) is 36.6 cm³/mol. The molecule has 0 saturated carbocycles. The molecule has 0 radical (unpaired) electrons. The Kier molecular flexibility index (Phi) is 322. The molecule has 0 amide bonds. The van der Waals surface area contributed by atoms with Crippen molar-refractivity contribution in [2.24, 2.45) is 21.4 Å². The topological polar surface area (TPSA) is 210 Å². The van der Waals surface area contributed by atoms with Gasteiger partial charge in [0.1, 0.15) is 0 Å². The van der Waals surface area contributed by atoms with Gasteiger partial charge in [-0.1, -0.05) is 0 Å². The van der Waals surface area contributed by atoms with E-state index in [0.29, 0.717) is 0 Å². The molecule has 0 aromatic heterocycles. The Labute approximate surface area is 131 Å².